The van der Waals surface area contributed by atoms with Gasteiger partial charge in [0.2, 0.25) is 0 Å². The minimum Gasteiger partial charge on any atom is -0.382 e. The van der Waals surface area contributed by atoms with Crippen molar-refractivity contribution >= 4 is 10.1 Å². The summed E-state index contributed by atoms with van der Waals surface area (Å²) in [4.78, 5) is 11.8. The van der Waals surface area contributed by atoms with E-state index in [1.165, 1.54) is 16.8 Å². The lowest BCUT2D eigenvalue weighted by molar-refractivity contribution is 0.492. The van der Waals surface area contributed by atoms with Gasteiger partial charge in [0.25, 0.3) is 5.56 Å². The lowest BCUT2D eigenvalue weighted by Gasteiger charge is -2.06. The van der Waals surface area contributed by atoms with Crippen LogP contribution in [-0.4, -0.2) is 19.2 Å². The molecule has 0 N–H and O–H groups in total. The lowest BCUT2D eigenvalue weighted by Crippen LogP contribution is -2.17. The quantitative estimate of drug-likeness (QED) is 0.781. The maximum atomic E-state index is 11.8. The molecule has 5 nitrogen and oxygen atoms in total. The van der Waals surface area contributed by atoms with Crippen LogP contribution < -0.4 is 9.74 Å². The highest BCUT2D eigenvalue weighted by molar-refractivity contribution is 7.86. The molecular formula is C12H11NO4S. The van der Waals surface area contributed by atoms with E-state index >= 15 is 0 Å². The first-order chi connectivity index (χ1) is 8.46. The molecule has 0 radical (unpaired) electrons. The standard InChI is InChI=1S/C12H11NO4S/c1-18(15,16)17-11-7-8-13(12(14)9-11)10-5-3-2-4-6-10/h2-9H,1H3. The molecule has 0 saturated heterocycles. The van der Waals surface area contributed by atoms with Gasteiger partial charge in [-0.1, -0.05) is 18.2 Å². The van der Waals surface area contributed by atoms with Gasteiger partial charge >= 0.3 is 10.1 Å². The average Bonchev–Trinajstić information content (AvgIpc) is 2.28. The van der Waals surface area contributed by atoms with E-state index in [9.17, 15) is 13.2 Å². The summed E-state index contributed by atoms with van der Waals surface area (Å²) in [5.74, 6) is 0.00896. The topological polar surface area (TPSA) is 65.4 Å². The van der Waals surface area contributed by atoms with E-state index in [1.54, 1.807) is 12.1 Å². The van der Waals surface area contributed by atoms with Crippen LogP contribution in [0, 0.1) is 0 Å². The fraction of sp³-hybridized carbons (Fsp3) is 0.0833. The van der Waals surface area contributed by atoms with E-state index in [0.717, 1.165) is 12.3 Å². The number of hydrogen-bond donors (Lipinski definition) is 0. The molecule has 0 fully saturated rings. The van der Waals surface area contributed by atoms with Gasteiger partial charge in [0.05, 0.1) is 6.26 Å². The normalized spacial score (nSPS) is 11.2. The third-order valence-electron chi connectivity index (χ3n) is 2.17. The maximum absolute atomic E-state index is 11.8. The first-order valence-electron chi connectivity index (χ1n) is 5.13. The second-order valence-corrected chi connectivity index (χ2v) is 5.27. The highest BCUT2D eigenvalue weighted by Gasteiger charge is 2.06. The molecular weight excluding hydrogens is 254 g/mol. The predicted molar refractivity (Wildman–Crippen MR) is 67.5 cm³/mol. The summed E-state index contributed by atoms with van der Waals surface area (Å²) < 4.78 is 27.9. The van der Waals surface area contributed by atoms with Crippen LogP contribution in [0.5, 0.6) is 5.75 Å². The molecule has 6 heteroatoms. The monoisotopic (exact) mass is 265 g/mol. The zero-order chi connectivity index (χ0) is 13.2. The first-order valence-corrected chi connectivity index (χ1v) is 6.95. The first kappa shape index (κ1) is 12.4. The molecule has 1 heterocycles. The smallest absolute Gasteiger partial charge is 0.306 e. The van der Waals surface area contributed by atoms with Crippen molar-refractivity contribution in [3.63, 3.8) is 0 Å². The van der Waals surface area contributed by atoms with Gasteiger partial charge in [-0.3, -0.25) is 9.36 Å². The van der Waals surface area contributed by atoms with Crippen LogP contribution in [0.3, 0.4) is 0 Å². The maximum Gasteiger partial charge on any atom is 0.306 e. The molecule has 94 valence electrons. The Kier molecular flexibility index (Phi) is 3.20. The molecule has 0 spiro atoms. The summed E-state index contributed by atoms with van der Waals surface area (Å²) in [5, 5.41) is 0. The van der Waals surface area contributed by atoms with Gasteiger partial charge in [-0.05, 0) is 18.2 Å². The van der Waals surface area contributed by atoms with Crippen molar-refractivity contribution in [2.75, 3.05) is 6.26 Å². The summed E-state index contributed by atoms with van der Waals surface area (Å²) >= 11 is 0. The molecule has 0 bridgehead atoms. The van der Waals surface area contributed by atoms with Crippen molar-refractivity contribution in [3.05, 3.63) is 59.0 Å². The summed E-state index contributed by atoms with van der Waals surface area (Å²) in [5.41, 5.74) is 0.343. The molecule has 0 aliphatic rings. The van der Waals surface area contributed by atoms with E-state index in [0.29, 0.717) is 5.69 Å². The molecule has 0 amide bonds. The second kappa shape index (κ2) is 4.66. The second-order valence-electron chi connectivity index (χ2n) is 3.69. The molecule has 1 aromatic heterocycles. The Morgan fingerprint density at radius 1 is 1.11 bits per heavy atom. The van der Waals surface area contributed by atoms with Crippen LogP contribution in [0.1, 0.15) is 0 Å². The third-order valence-corrected chi connectivity index (χ3v) is 2.67. The van der Waals surface area contributed by atoms with Gasteiger partial charge in [-0.25, -0.2) is 0 Å². The van der Waals surface area contributed by atoms with Crippen molar-refractivity contribution in [2.45, 2.75) is 0 Å². The zero-order valence-electron chi connectivity index (χ0n) is 9.61. The molecule has 0 unspecified atom stereocenters. The lowest BCUT2D eigenvalue weighted by atomic mass is 10.3. The Morgan fingerprint density at radius 3 is 2.33 bits per heavy atom. The number of hydrogen-bond acceptors (Lipinski definition) is 4. The summed E-state index contributed by atoms with van der Waals surface area (Å²) in [6.45, 7) is 0. The minimum absolute atomic E-state index is 0.00896. The Labute approximate surface area is 104 Å². The summed E-state index contributed by atoms with van der Waals surface area (Å²) in [7, 11) is -3.62. The largest absolute Gasteiger partial charge is 0.382 e. The number of nitrogens with zero attached hydrogens (tertiary/aromatic N) is 1. The van der Waals surface area contributed by atoms with E-state index in [-0.39, 0.29) is 11.3 Å². The average molecular weight is 265 g/mol. The van der Waals surface area contributed by atoms with Crippen molar-refractivity contribution in [1.29, 1.82) is 0 Å². The van der Waals surface area contributed by atoms with Crippen molar-refractivity contribution in [1.82, 2.24) is 4.57 Å². The number of benzene rings is 1. The molecule has 0 aliphatic heterocycles. The van der Waals surface area contributed by atoms with Gasteiger partial charge in [0.15, 0.2) is 0 Å². The van der Waals surface area contributed by atoms with E-state index in [4.69, 9.17) is 0 Å². The number of para-hydroxylation sites is 1. The molecule has 0 saturated carbocycles. The molecule has 0 aliphatic carbocycles. The van der Waals surface area contributed by atoms with Gasteiger partial charge in [-0.15, -0.1) is 0 Å². The van der Waals surface area contributed by atoms with Gasteiger partial charge < -0.3 is 4.18 Å². The van der Waals surface area contributed by atoms with Gasteiger partial charge in [0.1, 0.15) is 5.75 Å². The minimum atomic E-state index is -3.62. The molecule has 2 aromatic rings. The number of pyridine rings is 1. The van der Waals surface area contributed by atoms with Crippen molar-refractivity contribution in [2.24, 2.45) is 0 Å². The predicted octanol–water partition coefficient (Wildman–Crippen LogP) is 1.18. The summed E-state index contributed by atoms with van der Waals surface area (Å²) in [6.07, 6.45) is 2.40. The highest BCUT2D eigenvalue weighted by Crippen LogP contribution is 2.11. The Bertz CT molecular complexity index is 704. The van der Waals surface area contributed by atoms with Gasteiger partial charge in [0, 0.05) is 18.0 Å². The fourth-order valence-electron chi connectivity index (χ4n) is 1.49. The number of aromatic nitrogens is 1. The fourth-order valence-corrected chi connectivity index (χ4v) is 1.94. The molecule has 0 atom stereocenters. The van der Waals surface area contributed by atoms with Crippen LogP contribution in [-0.2, 0) is 10.1 Å². The van der Waals surface area contributed by atoms with Crippen LogP contribution >= 0.6 is 0 Å². The zero-order valence-corrected chi connectivity index (χ0v) is 10.4. The van der Waals surface area contributed by atoms with Crippen LogP contribution in [0.15, 0.2) is 53.5 Å². The summed E-state index contributed by atoms with van der Waals surface area (Å²) in [6, 6.07) is 11.6. The van der Waals surface area contributed by atoms with E-state index < -0.39 is 10.1 Å². The Balaban J connectivity index is 2.41. The highest BCUT2D eigenvalue weighted by atomic mass is 32.2. The third kappa shape index (κ3) is 2.98. The van der Waals surface area contributed by atoms with Crippen LogP contribution in [0.2, 0.25) is 0 Å². The SMILES string of the molecule is CS(=O)(=O)Oc1ccn(-c2ccccc2)c(=O)c1. The molecule has 1 aromatic carbocycles. The Hall–Kier alpha value is -2.08. The number of rotatable bonds is 3. The van der Waals surface area contributed by atoms with Crippen molar-refractivity contribution < 1.29 is 12.6 Å². The van der Waals surface area contributed by atoms with E-state index in [1.807, 2.05) is 18.2 Å². The molecule has 2 rings (SSSR count). The van der Waals surface area contributed by atoms with Crippen molar-refractivity contribution in [3.8, 4) is 11.4 Å². The van der Waals surface area contributed by atoms with Crippen LogP contribution in [0.4, 0.5) is 0 Å². The van der Waals surface area contributed by atoms with E-state index in [2.05, 4.69) is 4.18 Å². The Morgan fingerprint density at radius 2 is 1.78 bits per heavy atom. The van der Waals surface area contributed by atoms with Crippen LogP contribution in [0.25, 0.3) is 5.69 Å². The van der Waals surface area contributed by atoms with Gasteiger partial charge in [-0.2, -0.15) is 8.42 Å². The molecule has 18 heavy (non-hydrogen) atoms.